The van der Waals surface area contributed by atoms with Gasteiger partial charge < -0.3 is 5.73 Å². The van der Waals surface area contributed by atoms with Crippen molar-refractivity contribution in [2.75, 3.05) is 6.54 Å². The lowest BCUT2D eigenvalue weighted by Crippen LogP contribution is -2.39. The van der Waals surface area contributed by atoms with E-state index in [9.17, 15) is 8.42 Å². The van der Waals surface area contributed by atoms with E-state index < -0.39 is 10.2 Å². The van der Waals surface area contributed by atoms with Crippen LogP contribution in [0.15, 0.2) is 24.3 Å². The number of hydrogen-bond acceptors (Lipinski definition) is 3. The van der Waals surface area contributed by atoms with Crippen molar-refractivity contribution in [3.8, 4) is 11.8 Å². The second-order valence-corrected chi connectivity index (χ2v) is 6.34. The van der Waals surface area contributed by atoms with Gasteiger partial charge >= 0.3 is 0 Å². The van der Waals surface area contributed by atoms with Gasteiger partial charge in [0.05, 0.1) is 6.54 Å². The summed E-state index contributed by atoms with van der Waals surface area (Å²) < 4.78 is 28.9. The van der Waals surface area contributed by atoms with Crippen molar-refractivity contribution < 1.29 is 8.42 Å². The molecule has 0 heterocycles. The zero-order valence-electron chi connectivity index (χ0n) is 11.4. The predicted octanol–water partition coefficient (Wildman–Crippen LogP) is 0.644. The molecule has 108 valence electrons. The normalized spacial score (nSPS) is 16.3. The molecule has 1 aliphatic rings. The van der Waals surface area contributed by atoms with Crippen LogP contribution in [0.25, 0.3) is 0 Å². The number of hydrogen-bond donors (Lipinski definition) is 3. The summed E-state index contributed by atoms with van der Waals surface area (Å²) in [6.07, 6.45) is 1.83. The molecule has 1 aliphatic carbocycles. The van der Waals surface area contributed by atoms with E-state index in [1.54, 1.807) is 0 Å². The first-order chi connectivity index (χ1) is 9.50. The number of rotatable bonds is 5. The molecule has 1 aromatic rings. The topological polar surface area (TPSA) is 84.2 Å². The highest BCUT2D eigenvalue weighted by atomic mass is 32.2. The van der Waals surface area contributed by atoms with Gasteiger partial charge in [0, 0.05) is 17.6 Å². The van der Waals surface area contributed by atoms with Crippen LogP contribution in [-0.4, -0.2) is 21.0 Å². The summed E-state index contributed by atoms with van der Waals surface area (Å²) >= 11 is 0. The molecule has 0 radical (unpaired) electrons. The van der Waals surface area contributed by atoms with E-state index in [1.165, 1.54) is 0 Å². The summed E-state index contributed by atoms with van der Waals surface area (Å²) in [5.74, 6) is 5.72. The zero-order chi connectivity index (χ0) is 14.6. The van der Waals surface area contributed by atoms with Gasteiger partial charge in [-0.1, -0.05) is 24.0 Å². The first kappa shape index (κ1) is 15.0. The van der Waals surface area contributed by atoms with Gasteiger partial charge in [-0.15, -0.1) is 0 Å². The van der Waals surface area contributed by atoms with Crippen LogP contribution in [0.3, 0.4) is 0 Å². The maximum atomic E-state index is 11.9. The van der Waals surface area contributed by atoms with E-state index >= 15 is 0 Å². The van der Waals surface area contributed by atoms with Gasteiger partial charge in [-0.3, -0.25) is 0 Å². The van der Waals surface area contributed by atoms with Crippen molar-refractivity contribution in [3.05, 3.63) is 35.4 Å². The smallest absolute Gasteiger partial charge is 0.277 e. The molecular weight excluding hydrogens is 274 g/mol. The Kier molecular flexibility index (Phi) is 4.78. The van der Waals surface area contributed by atoms with Gasteiger partial charge in [0.2, 0.25) is 0 Å². The fraction of sp³-hybridized carbons (Fsp3) is 0.429. The third-order valence-corrected chi connectivity index (χ3v) is 4.26. The van der Waals surface area contributed by atoms with Crippen LogP contribution in [0.5, 0.6) is 0 Å². The third kappa shape index (κ3) is 4.62. The highest BCUT2D eigenvalue weighted by Crippen LogP contribution is 2.20. The van der Waals surface area contributed by atoms with Gasteiger partial charge in [-0.25, -0.2) is 0 Å². The molecule has 0 aromatic heterocycles. The van der Waals surface area contributed by atoms with Crippen LogP contribution in [0.4, 0.5) is 0 Å². The first-order valence-electron chi connectivity index (χ1n) is 6.58. The van der Waals surface area contributed by atoms with E-state index in [2.05, 4.69) is 21.3 Å². The maximum absolute atomic E-state index is 11.9. The molecule has 1 unspecified atom stereocenters. The summed E-state index contributed by atoms with van der Waals surface area (Å²) in [5, 5.41) is 0. The minimum Gasteiger partial charge on any atom is -0.320 e. The monoisotopic (exact) mass is 293 g/mol. The molecular formula is C14H19N3O2S. The average Bonchev–Trinajstić information content (AvgIpc) is 3.19. The molecule has 0 aliphatic heterocycles. The molecule has 5 nitrogen and oxygen atoms in total. The van der Waals surface area contributed by atoms with Crippen LogP contribution in [0.1, 0.15) is 36.9 Å². The molecule has 1 atom stereocenters. The minimum absolute atomic E-state index is 0.0986. The Morgan fingerprint density at radius 3 is 2.85 bits per heavy atom. The molecule has 0 amide bonds. The molecule has 6 heteroatoms. The molecule has 0 saturated heterocycles. The van der Waals surface area contributed by atoms with Crippen molar-refractivity contribution in [2.45, 2.75) is 31.8 Å². The van der Waals surface area contributed by atoms with Gasteiger partial charge in [-0.05, 0) is 37.5 Å². The molecule has 1 aromatic carbocycles. The van der Waals surface area contributed by atoms with Crippen molar-refractivity contribution in [3.63, 3.8) is 0 Å². The summed E-state index contributed by atoms with van der Waals surface area (Å²) in [7, 11) is -3.45. The highest BCUT2D eigenvalue weighted by Gasteiger charge is 2.27. The minimum atomic E-state index is -3.45. The van der Waals surface area contributed by atoms with Gasteiger partial charge in [0.1, 0.15) is 0 Å². The van der Waals surface area contributed by atoms with Crippen molar-refractivity contribution in [1.82, 2.24) is 9.44 Å². The van der Waals surface area contributed by atoms with Gasteiger partial charge in [-0.2, -0.15) is 17.9 Å². The zero-order valence-corrected chi connectivity index (χ0v) is 12.2. The van der Waals surface area contributed by atoms with Gasteiger partial charge in [0.15, 0.2) is 0 Å². The Labute approximate surface area is 120 Å². The lowest BCUT2D eigenvalue weighted by Gasteiger charge is -2.15. The average molecular weight is 293 g/mol. The molecule has 2 rings (SSSR count). The molecule has 1 fully saturated rings. The van der Waals surface area contributed by atoms with Crippen LogP contribution < -0.4 is 15.2 Å². The quantitative estimate of drug-likeness (QED) is 0.697. The lowest BCUT2D eigenvalue weighted by molar-refractivity contribution is 0.551. The number of nitrogens with two attached hydrogens (primary N) is 1. The molecule has 4 N–H and O–H groups in total. The maximum Gasteiger partial charge on any atom is 0.277 e. The highest BCUT2D eigenvalue weighted by molar-refractivity contribution is 7.87. The summed E-state index contributed by atoms with van der Waals surface area (Å²) in [6.45, 7) is 2.11. The molecule has 0 bridgehead atoms. The number of nitrogens with one attached hydrogen (secondary N) is 2. The first-order valence-corrected chi connectivity index (χ1v) is 8.07. The van der Waals surface area contributed by atoms with Crippen molar-refractivity contribution >= 4 is 10.2 Å². The standard InChI is InChI=1S/C14H19N3O2S/c1-11(16-20(18,19)17-14-7-8-14)13-6-2-4-12(10-13)5-3-9-15/h2,4,6,10-11,14,16-17H,7-9,15H2,1H3. The fourth-order valence-electron chi connectivity index (χ4n) is 1.79. The van der Waals surface area contributed by atoms with E-state index in [0.717, 1.165) is 24.0 Å². The summed E-state index contributed by atoms with van der Waals surface area (Å²) in [4.78, 5) is 0. The Hall–Kier alpha value is -1.39. The molecule has 0 spiro atoms. The van der Waals surface area contributed by atoms with Crippen LogP contribution in [0.2, 0.25) is 0 Å². The van der Waals surface area contributed by atoms with Crippen LogP contribution in [-0.2, 0) is 10.2 Å². The van der Waals surface area contributed by atoms with E-state index in [-0.39, 0.29) is 12.1 Å². The van der Waals surface area contributed by atoms with E-state index in [0.29, 0.717) is 6.54 Å². The second kappa shape index (κ2) is 6.37. The Morgan fingerprint density at radius 1 is 1.45 bits per heavy atom. The van der Waals surface area contributed by atoms with Crippen molar-refractivity contribution in [1.29, 1.82) is 0 Å². The Bertz CT molecular complexity index is 627. The summed E-state index contributed by atoms with van der Waals surface area (Å²) in [6, 6.07) is 7.25. The Morgan fingerprint density at radius 2 is 2.20 bits per heavy atom. The van der Waals surface area contributed by atoms with Crippen LogP contribution in [0, 0.1) is 11.8 Å². The van der Waals surface area contributed by atoms with Crippen molar-refractivity contribution in [2.24, 2.45) is 5.73 Å². The van der Waals surface area contributed by atoms with Gasteiger partial charge in [0.25, 0.3) is 10.2 Å². The largest absolute Gasteiger partial charge is 0.320 e. The third-order valence-electron chi connectivity index (χ3n) is 2.95. The second-order valence-electron chi connectivity index (χ2n) is 4.87. The lowest BCUT2D eigenvalue weighted by atomic mass is 10.1. The van der Waals surface area contributed by atoms with E-state index in [1.807, 2.05) is 31.2 Å². The Balaban J connectivity index is 2.06. The van der Waals surface area contributed by atoms with Crippen LogP contribution >= 0.6 is 0 Å². The predicted molar refractivity (Wildman–Crippen MR) is 79.0 cm³/mol. The molecule has 20 heavy (non-hydrogen) atoms. The number of benzene rings is 1. The summed E-state index contributed by atoms with van der Waals surface area (Å²) in [5.41, 5.74) is 7.03. The van der Waals surface area contributed by atoms with E-state index in [4.69, 9.17) is 5.73 Å². The fourth-order valence-corrected chi connectivity index (χ4v) is 3.14. The SMILES string of the molecule is CC(NS(=O)(=O)NC1CC1)c1cccc(C#CCN)c1. The molecule has 1 saturated carbocycles.